The Morgan fingerprint density at radius 3 is 2.59 bits per heavy atom. The van der Waals surface area contributed by atoms with E-state index in [-0.39, 0.29) is 5.56 Å². The second kappa shape index (κ2) is 4.59. The standard InChI is InChI=1S/C13H11F2NO/c1-8-3-2-6-16-12(8)13(17)9-4-5-10(14)11(15)7-9/h2-7,13,17H,1H3. The highest BCUT2D eigenvalue weighted by Gasteiger charge is 2.15. The number of aryl methyl sites for hydroxylation is 1. The number of hydrogen-bond donors (Lipinski definition) is 1. The molecule has 1 unspecified atom stereocenters. The molecule has 0 bridgehead atoms. The maximum absolute atomic E-state index is 13.0. The predicted octanol–water partition coefficient (Wildman–Crippen LogP) is 2.75. The Morgan fingerprint density at radius 2 is 1.94 bits per heavy atom. The van der Waals surface area contributed by atoms with Crippen molar-refractivity contribution in [3.63, 3.8) is 0 Å². The molecule has 0 aliphatic heterocycles. The third kappa shape index (κ3) is 2.31. The second-order valence-corrected chi connectivity index (χ2v) is 3.78. The molecule has 0 fully saturated rings. The summed E-state index contributed by atoms with van der Waals surface area (Å²) in [6.07, 6.45) is 0.497. The summed E-state index contributed by atoms with van der Waals surface area (Å²) in [5, 5.41) is 10.0. The molecule has 1 heterocycles. The van der Waals surface area contributed by atoms with Gasteiger partial charge in [0.1, 0.15) is 6.10 Å². The van der Waals surface area contributed by atoms with E-state index in [1.807, 2.05) is 0 Å². The summed E-state index contributed by atoms with van der Waals surface area (Å²) in [5.74, 6) is -1.91. The van der Waals surface area contributed by atoms with Crippen LogP contribution in [0.2, 0.25) is 0 Å². The topological polar surface area (TPSA) is 33.1 Å². The van der Waals surface area contributed by atoms with Gasteiger partial charge < -0.3 is 5.11 Å². The van der Waals surface area contributed by atoms with E-state index in [2.05, 4.69) is 4.98 Å². The van der Waals surface area contributed by atoms with Gasteiger partial charge in [0.25, 0.3) is 0 Å². The summed E-state index contributed by atoms with van der Waals surface area (Å²) in [6.45, 7) is 1.80. The zero-order valence-electron chi connectivity index (χ0n) is 9.19. The molecular weight excluding hydrogens is 224 g/mol. The fourth-order valence-corrected chi connectivity index (χ4v) is 1.62. The van der Waals surface area contributed by atoms with Crippen LogP contribution in [0.15, 0.2) is 36.5 Å². The van der Waals surface area contributed by atoms with Crippen LogP contribution in [-0.2, 0) is 0 Å². The largest absolute Gasteiger partial charge is 0.382 e. The Morgan fingerprint density at radius 1 is 1.18 bits per heavy atom. The summed E-state index contributed by atoms with van der Waals surface area (Å²) in [7, 11) is 0. The highest BCUT2D eigenvalue weighted by atomic mass is 19.2. The Bertz CT molecular complexity index is 543. The molecule has 1 aromatic carbocycles. The molecule has 0 amide bonds. The Kier molecular flexibility index (Phi) is 3.15. The molecule has 0 saturated carbocycles. The van der Waals surface area contributed by atoms with Crippen LogP contribution in [0.3, 0.4) is 0 Å². The zero-order chi connectivity index (χ0) is 12.4. The molecule has 2 nitrogen and oxygen atoms in total. The summed E-state index contributed by atoms with van der Waals surface area (Å²) in [6, 6.07) is 6.86. The van der Waals surface area contributed by atoms with Crippen molar-refractivity contribution in [1.29, 1.82) is 0 Å². The number of pyridine rings is 1. The quantitative estimate of drug-likeness (QED) is 0.868. The Balaban J connectivity index is 2.40. The molecule has 4 heteroatoms. The van der Waals surface area contributed by atoms with Gasteiger partial charge in [0.05, 0.1) is 5.69 Å². The summed E-state index contributed by atoms with van der Waals surface area (Å²) in [4.78, 5) is 4.04. The normalized spacial score (nSPS) is 12.5. The number of hydrogen-bond acceptors (Lipinski definition) is 2. The lowest BCUT2D eigenvalue weighted by Crippen LogP contribution is -2.05. The van der Waals surface area contributed by atoms with E-state index >= 15 is 0 Å². The molecule has 0 aliphatic carbocycles. The van der Waals surface area contributed by atoms with Crippen molar-refractivity contribution in [2.24, 2.45) is 0 Å². The van der Waals surface area contributed by atoms with Crippen molar-refractivity contribution >= 4 is 0 Å². The van der Waals surface area contributed by atoms with Gasteiger partial charge in [-0.25, -0.2) is 8.78 Å². The van der Waals surface area contributed by atoms with Crippen LogP contribution in [0.5, 0.6) is 0 Å². The highest BCUT2D eigenvalue weighted by molar-refractivity contribution is 5.30. The fraction of sp³-hybridized carbons (Fsp3) is 0.154. The molecule has 2 aromatic rings. The van der Waals surface area contributed by atoms with Crippen LogP contribution in [0.4, 0.5) is 8.78 Å². The monoisotopic (exact) mass is 235 g/mol. The van der Waals surface area contributed by atoms with Crippen molar-refractivity contribution in [1.82, 2.24) is 4.98 Å². The molecular formula is C13H11F2NO. The van der Waals surface area contributed by atoms with E-state index in [0.717, 1.165) is 17.7 Å². The van der Waals surface area contributed by atoms with Crippen LogP contribution in [0.1, 0.15) is 22.9 Å². The van der Waals surface area contributed by atoms with E-state index in [1.165, 1.54) is 6.07 Å². The van der Waals surface area contributed by atoms with E-state index in [0.29, 0.717) is 5.69 Å². The molecule has 1 N–H and O–H groups in total. The van der Waals surface area contributed by atoms with Gasteiger partial charge in [-0.3, -0.25) is 4.98 Å². The first-order valence-corrected chi connectivity index (χ1v) is 5.14. The Labute approximate surface area is 97.6 Å². The molecule has 0 aliphatic rings. The van der Waals surface area contributed by atoms with Crippen LogP contribution < -0.4 is 0 Å². The van der Waals surface area contributed by atoms with Crippen LogP contribution >= 0.6 is 0 Å². The SMILES string of the molecule is Cc1cccnc1C(O)c1ccc(F)c(F)c1. The van der Waals surface area contributed by atoms with Gasteiger partial charge in [-0.2, -0.15) is 0 Å². The molecule has 1 aromatic heterocycles. The van der Waals surface area contributed by atoms with E-state index in [4.69, 9.17) is 0 Å². The molecule has 1 atom stereocenters. The molecule has 0 spiro atoms. The first kappa shape index (κ1) is 11.7. The summed E-state index contributed by atoms with van der Waals surface area (Å²) < 4.78 is 25.8. The lowest BCUT2D eigenvalue weighted by Gasteiger charge is -2.12. The van der Waals surface area contributed by atoms with Crippen molar-refractivity contribution in [3.8, 4) is 0 Å². The van der Waals surface area contributed by atoms with Gasteiger partial charge in [0.15, 0.2) is 11.6 Å². The number of halogens is 2. The number of aliphatic hydroxyl groups is 1. The van der Waals surface area contributed by atoms with Crippen LogP contribution in [0.25, 0.3) is 0 Å². The van der Waals surface area contributed by atoms with Gasteiger partial charge in [-0.15, -0.1) is 0 Å². The number of benzene rings is 1. The fourth-order valence-electron chi connectivity index (χ4n) is 1.62. The minimum absolute atomic E-state index is 0.283. The molecule has 2 rings (SSSR count). The van der Waals surface area contributed by atoms with Crippen LogP contribution in [0, 0.1) is 18.6 Å². The third-order valence-electron chi connectivity index (χ3n) is 2.57. The smallest absolute Gasteiger partial charge is 0.159 e. The predicted molar refractivity (Wildman–Crippen MR) is 59.4 cm³/mol. The molecule has 17 heavy (non-hydrogen) atoms. The van der Waals surface area contributed by atoms with Crippen molar-refractivity contribution in [3.05, 3.63) is 65.0 Å². The second-order valence-electron chi connectivity index (χ2n) is 3.78. The average molecular weight is 235 g/mol. The van der Waals surface area contributed by atoms with Gasteiger partial charge >= 0.3 is 0 Å². The third-order valence-corrected chi connectivity index (χ3v) is 2.57. The van der Waals surface area contributed by atoms with E-state index in [1.54, 1.807) is 25.3 Å². The number of nitrogens with zero attached hydrogens (tertiary/aromatic N) is 1. The minimum Gasteiger partial charge on any atom is -0.382 e. The maximum Gasteiger partial charge on any atom is 0.159 e. The number of aromatic nitrogens is 1. The zero-order valence-corrected chi connectivity index (χ0v) is 9.19. The summed E-state index contributed by atoms with van der Waals surface area (Å²) in [5.41, 5.74) is 1.52. The van der Waals surface area contributed by atoms with Gasteiger partial charge in [0.2, 0.25) is 0 Å². The van der Waals surface area contributed by atoms with Crippen molar-refractivity contribution < 1.29 is 13.9 Å². The number of rotatable bonds is 2. The molecule has 88 valence electrons. The van der Waals surface area contributed by atoms with Gasteiger partial charge in [-0.1, -0.05) is 12.1 Å². The molecule has 0 saturated heterocycles. The van der Waals surface area contributed by atoms with Crippen LogP contribution in [-0.4, -0.2) is 10.1 Å². The maximum atomic E-state index is 13.0. The van der Waals surface area contributed by atoms with E-state index in [9.17, 15) is 13.9 Å². The average Bonchev–Trinajstić information content (AvgIpc) is 2.32. The van der Waals surface area contributed by atoms with E-state index < -0.39 is 17.7 Å². The van der Waals surface area contributed by atoms with Gasteiger partial charge in [0, 0.05) is 6.20 Å². The van der Waals surface area contributed by atoms with Crippen molar-refractivity contribution in [2.45, 2.75) is 13.0 Å². The summed E-state index contributed by atoms with van der Waals surface area (Å²) >= 11 is 0. The van der Waals surface area contributed by atoms with Crippen molar-refractivity contribution in [2.75, 3.05) is 0 Å². The highest BCUT2D eigenvalue weighted by Crippen LogP contribution is 2.23. The number of aliphatic hydroxyl groups excluding tert-OH is 1. The minimum atomic E-state index is -1.05. The first-order chi connectivity index (χ1) is 8.09. The lowest BCUT2D eigenvalue weighted by molar-refractivity contribution is 0.213. The van der Waals surface area contributed by atoms with Gasteiger partial charge in [-0.05, 0) is 36.2 Å². The molecule has 0 radical (unpaired) electrons. The lowest BCUT2D eigenvalue weighted by atomic mass is 10.0. The first-order valence-electron chi connectivity index (χ1n) is 5.14. The Hall–Kier alpha value is -1.81.